The second kappa shape index (κ2) is 5.51. The minimum absolute atomic E-state index is 0.0596. The first-order valence-corrected chi connectivity index (χ1v) is 6.88. The van der Waals surface area contributed by atoms with Crippen LogP contribution in [0.5, 0.6) is 5.75 Å². The molecule has 104 valence electrons. The van der Waals surface area contributed by atoms with Crippen molar-refractivity contribution in [1.82, 2.24) is 5.32 Å². The lowest BCUT2D eigenvalue weighted by Gasteiger charge is -2.34. The lowest BCUT2D eigenvalue weighted by molar-refractivity contribution is 0.0891. The van der Waals surface area contributed by atoms with Gasteiger partial charge in [0, 0.05) is 11.7 Å². The van der Waals surface area contributed by atoms with E-state index >= 15 is 0 Å². The van der Waals surface area contributed by atoms with Gasteiger partial charge in [-0.05, 0) is 36.5 Å². The normalized spacial score (nSPS) is 26.9. The topological polar surface area (TPSA) is 75.3 Å². The molecule has 1 aliphatic rings. The third kappa shape index (κ3) is 3.00. The molecule has 3 unspecified atom stereocenters. The summed E-state index contributed by atoms with van der Waals surface area (Å²) in [6.07, 6.45) is 3.38. The Bertz CT molecular complexity index is 473. The van der Waals surface area contributed by atoms with Crippen molar-refractivity contribution >= 4 is 11.6 Å². The molecule has 2 rings (SSSR count). The van der Waals surface area contributed by atoms with Gasteiger partial charge in [0.2, 0.25) is 0 Å². The summed E-state index contributed by atoms with van der Waals surface area (Å²) in [5, 5.41) is 12.5. The predicted octanol–water partition coefficient (Wildman–Crippen LogP) is 2.53. The summed E-state index contributed by atoms with van der Waals surface area (Å²) in [5.74, 6) is 0.959. The monoisotopic (exact) mass is 262 g/mol. The predicted molar refractivity (Wildman–Crippen MR) is 76.0 cm³/mol. The fourth-order valence-electron chi connectivity index (χ4n) is 2.77. The molecule has 1 aromatic rings. The Morgan fingerprint density at radius 1 is 1.37 bits per heavy atom. The molecule has 0 saturated heterocycles. The quantitative estimate of drug-likeness (QED) is 0.566. The van der Waals surface area contributed by atoms with Crippen LogP contribution in [-0.4, -0.2) is 17.1 Å². The molecule has 4 heteroatoms. The Hall–Kier alpha value is -1.71. The van der Waals surface area contributed by atoms with Crippen LogP contribution in [0.15, 0.2) is 18.2 Å². The summed E-state index contributed by atoms with van der Waals surface area (Å²) in [7, 11) is 0. The van der Waals surface area contributed by atoms with E-state index in [0.29, 0.717) is 23.1 Å². The number of nitrogen functional groups attached to an aromatic ring is 1. The van der Waals surface area contributed by atoms with E-state index in [0.717, 1.165) is 12.8 Å². The van der Waals surface area contributed by atoms with Crippen molar-refractivity contribution in [2.24, 2.45) is 11.8 Å². The molecule has 1 aliphatic carbocycles. The number of hydrogen-bond acceptors (Lipinski definition) is 3. The lowest BCUT2D eigenvalue weighted by atomic mass is 9.78. The first-order chi connectivity index (χ1) is 8.99. The van der Waals surface area contributed by atoms with Gasteiger partial charge < -0.3 is 16.2 Å². The molecule has 0 aliphatic heterocycles. The van der Waals surface area contributed by atoms with Crippen LogP contribution >= 0.6 is 0 Å². The molecule has 4 nitrogen and oxygen atoms in total. The number of aromatic hydroxyl groups is 1. The molecule has 1 amide bonds. The van der Waals surface area contributed by atoms with Gasteiger partial charge in [0.1, 0.15) is 5.75 Å². The van der Waals surface area contributed by atoms with E-state index < -0.39 is 0 Å². The van der Waals surface area contributed by atoms with Crippen molar-refractivity contribution in [3.8, 4) is 5.75 Å². The zero-order valence-electron chi connectivity index (χ0n) is 11.5. The third-order valence-electron chi connectivity index (χ3n) is 4.30. The molecular weight excluding hydrogens is 240 g/mol. The number of rotatable bonds is 2. The average molecular weight is 262 g/mol. The highest BCUT2D eigenvalue weighted by Gasteiger charge is 2.28. The van der Waals surface area contributed by atoms with E-state index in [9.17, 15) is 9.90 Å². The summed E-state index contributed by atoms with van der Waals surface area (Å²) in [6, 6.07) is 4.65. The van der Waals surface area contributed by atoms with Crippen LogP contribution in [-0.2, 0) is 0 Å². The Balaban J connectivity index is 2.10. The number of nitrogens with one attached hydrogen (secondary N) is 1. The van der Waals surface area contributed by atoms with Crippen LogP contribution in [0.1, 0.15) is 43.5 Å². The summed E-state index contributed by atoms with van der Waals surface area (Å²) < 4.78 is 0. The van der Waals surface area contributed by atoms with E-state index in [2.05, 4.69) is 19.2 Å². The Morgan fingerprint density at radius 2 is 2.11 bits per heavy atom. The van der Waals surface area contributed by atoms with Crippen LogP contribution in [0.2, 0.25) is 0 Å². The van der Waals surface area contributed by atoms with Crippen LogP contribution in [0, 0.1) is 11.8 Å². The van der Waals surface area contributed by atoms with E-state index in [1.807, 2.05) is 0 Å². The third-order valence-corrected chi connectivity index (χ3v) is 4.30. The summed E-state index contributed by atoms with van der Waals surface area (Å²) in [6.45, 7) is 4.41. The van der Waals surface area contributed by atoms with Gasteiger partial charge in [-0.2, -0.15) is 0 Å². The fourth-order valence-corrected chi connectivity index (χ4v) is 2.77. The van der Waals surface area contributed by atoms with Crippen molar-refractivity contribution in [1.29, 1.82) is 0 Å². The highest BCUT2D eigenvalue weighted by atomic mass is 16.3. The lowest BCUT2D eigenvalue weighted by Crippen LogP contribution is -2.43. The van der Waals surface area contributed by atoms with Gasteiger partial charge in [-0.15, -0.1) is 0 Å². The maximum atomic E-state index is 12.2. The molecule has 4 N–H and O–H groups in total. The highest BCUT2D eigenvalue weighted by molar-refractivity contribution is 5.99. The molecule has 19 heavy (non-hydrogen) atoms. The van der Waals surface area contributed by atoms with E-state index in [-0.39, 0.29) is 17.7 Å². The van der Waals surface area contributed by atoms with Gasteiger partial charge in [0.05, 0.1) is 5.56 Å². The smallest absolute Gasteiger partial charge is 0.253 e. The van der Waals surface area contributed by atoms with E-state index in [4.69, 9.17) is 5.73 Å². The Morgan fingerprint density at radius 3 is 2.84 bits per heavy atom. The van der Waals surface area contributed by atoms with Crippen LogP contribution in [0.25, 0.3) is 0 Å². The summed E-state index contributed by atoms with van der Waals surface area (Å²) in [4.78, 5) is 12.2. The fraction of sp³-hybridized carbons (Fsp3) is 0.533. The van der Waals surface area contributed by atoms with Gasteiger partial charge >= 0.3 is 0 Å². The molecule has 3 atom stereocenters. The SMILES string of the molecule is CC1CCCC(NC(=O)c2cc(O)ccc2N)C1C. The van der Waals surface area contributed by atoms with Crippen molar-refractivity contribution in [3.05, 3.63) is 23.8 Å². The van der Waals surface area contributed by atoms with Gasteiger partial charge in [0.15, 0.2) is 0 Å². The second-order valence-electron chi connectivity index (χ2n) is 5.62. The minimum Gasteiger partial charge on any atom is -0.508 e. The molecule has 0 radical (unpaired) electrons. The number of benzene rings is 1. The van der Waals surface area contributed by atoms with E-state index in [1.54, 1.807) is 6.07 Å². The maximum absolute atomic E-state index is 12.2. The molecule has 1 saturated carbocycles. The standard InChI is InChI=1S/C15H22N2O2/c1-9-4-3-5-14(10(9)2)17-15(19)12-8-11(18)6-7-13(12)16/h6-10,14,18H,3-5,16H2,1-2H3,(H,17,19). The first kappa shape index (κ1) is 13.7. The van der Waals surface area contributed by atoms with Crippen molar-refractivity contribution in [2.45, 2.75) is 39.2 Å². The minimum atomic E-state index is -0.195. The zero-order valence-corrected chi connectivity index (χ0v) is 11.5. The first-order valence-electron chi connectivity index (χ1n) is 6.88. The average Bonchev–Trinajstić information content (AvgIpc) is 2.38. The Labute approximate surface area is 114 Å². The van der Waals surface area contributed by atoms with Crippen LogP contribution in [0.4, 0.5) is 5.69 Å². The maximum Gasteiger partial charge on any atom is 0.253 e. The zero-order chi connectivity index (χ0) is 14.0. The number of carbonyl (C=O) groups excluding carboxylic acids is 1. The summed E-state index contributed by atoms with van der Waals surface area (Å²) >= 11 is 0. The number of nitrogens with two attached hydrogens (primary N) is 1. The highest BCUT2D eigenvalue weighted by Crippen LogP contribution is 2.30. The number of phenols is 1. The van der Waals surface area contributed by atoms with Crippen molar-refractivity contribution in [3.63, 3.8) is 0 Å². The summed E-state index contributed by atoms with van der Waals surface area (Å²) in [5.41, 5.74) is 6.53. The van der Waals surface area contributed by atoms with Gasteiger partial charge in [0.25, 0.3) is 5.91 Å². The number of hydrogen-bond donors (Lipinski definition) is 3. The largest absolute Gasteiger partial charge is 0.508 e. The molecule has 0 heterocycles. The molecular formula is C15H22N2O2. The van der Waals surface area contributed by atoms with Crippen LogP contribution in [0.3, 0.4) is 0 Å². The second-order valence-corrected chi connectivity index (χ2v) is 5.62. The molecule has 1 aromatic carbocycles. The van der Waals surface area contributed by atoms with Gasteiger partial charge in [-0.3, -0.25) is 4.79 Å². The van der Waals surface area contributed by atoms with Crippen LogP contribution < -0.4 is 11.1 Å². The number of carbonyl (C=O) groups is 1. The molecule has 1 fully saturated rings. The Kier molecular flexibility index (Phi) is 3.98. The molecule has 0 spiro atoms. The van der Waals surface area contributed by atoms with Crippen molar-refractivity contribution < 1.29 is 9.90 Å². The number of anilines is 1. The van der Waals surface area contributed by atoms with Gasteiger partial charge in [-0.1, -0.05) is 26.7 Å². The number of amides is 1. The molecule has 0 bridgehead atoms. The van der Waals surface area contributed by atoms with Crippen molar-refractivity contribution in [2.75, 3.05) is 5.73 Å². The molecule has 0 aromatic heterocycles. The van der Waals surface area contributed by atoms with Gasteiger partial charge in [-0.25, -0.2) is 0 Å². The van der Waals surface area contributed by atoms with E-state index in [1.165, 1.54) is 18.6 Å². The number of phenolic OH excluding ortho intramolecular Hbond substituents is 1.